The molecular weight excluding hydrogens is 324 g/mol. The topological polar surface area (TPSA) is 54.2 Å². The number of hydrogen-bond acceptors (Lipinski definition) is 4. The van der Waals surface area contributed by atoms with Gasteiger partial charge in [0.1, 0.15) is 0 Å². The number of benzene rings is 1. The number of fused-ring (bicyclic) bond motifs is 2. The highest BCUT2D eigenvalue weighted by molar-refractivity contribution is 5.39. The van der Waals surface area contributed by atoms with Gasteiger partial charge in [0, 0.05) is 30.9 Å². The van der Waals surface area contributed by atoms with Crippen LogP contribution in [0.1, 0.15) is 28.8 Å². The molecule has 132 valence electrons. The number of nitrogens with zero attached hydrogens (tertiary/aromatic N) is 4. The van der Waals surface area contributed by atoms with Gasteiger partial charge in [0.25, 0.3) is 0 Å². The van der Waals surface area contributed by atoms with Gasteiger partial charge in [-0.05, 0) is 48.9 Å². The maximum Gasteiger partial charge on any atom is 0.219 e. The van der Waals surface area contributed by atoms with Gasteiger partial charge >= 0.3 is 0 Å². The van der Waals surface area contributed by atoms with Crippen molar-refractivity contribution < 1.29 is 5.11 Å². The number of aromatic hydroxyl groups is 1. The van der Waals surface area contributed by atoms with Crippen molar-refractivity contribution in [2.45, 2.75) is 38.3 Å². The molecule has 2 aliphatic rings. The quantitative estimate of drug-likeness (QED) is 0.775. The van der Waals surface area contributed by atoms with Crippen LogP contribution in [0.25, 0.3) is 5.82 Å². The van der Waals surface area contributed by atoms with Gasteiger partial charge in [0.05, 0.1) is 5.69 Å². The largest absolute Gasteiger partial charge is 0.493 e. The third-order valence-corrected chi connectivity index (χ3v) is 5.74. The van der Waals surface area contributed by atoms with Crippen LogP contribution in [-0.2, 0) is 25.8 Å². The molecule has 5 nitrogen and oxygen atoms in total. The van der Waals surface area contributed by atoms with Crippen molar-refractivity contribution >= 4 is 0 Å². The van der Waals surface area contributed by atoms with Crippen LogP contribution in [0.5, 0.6) is 5.88 Å². The molecule has 3 aromatic rings. The van der Waals surface area contributed by atoms with Crippen LogP contribution in [0.15, 0.2) is 48.7 Å². The Bertz CT molecular complexity index is 934. The molecule has 0 fully saturated rings. The normalized spacial score (nSPS) is 19.8. The Morgan fingerprint density at radius 2 is 1.85 bits per heavy atom. The first-order chi connectivity index (χ1) is 12.8. The fourth-order valence-electron chi connectivity index (χ4n) is 4.32. The van der Waals surface area contributed by atoms with E-state index in [1.54, 1.807) is 10.9 Å². The van der Waals surface area contributed by atoms with Crippen LogP contribution in [0.3, 0.4) is 0 Å². The Morgan fingerprint density at radius 3 is 2.69 bits per heavy atom. The summed E-state index contributed by atoms with van der Waals surface area (Å²) in [6.07, 6.45) is 5.69. The molecule has 0 spiro atoms. The summed E-state index contributed by atoms with van der Waals surface area (Å²) in [5, 5.41) is 15.4. The van der Waals surface area contributed by atoms with Crippen molar-refractivity contribution in [2.75, 3.05) is 6.54 Å². The Hall–Kier alpha value is -2.66. The maximum absolute atomic E-state index is 10.7. The average Bonchev–Trinajstić information content (AvgIpc) is 3.04. The van der Waals surface area contributed by atoms with E-state index in [9.17, 15) is 5.11 Å². The van der Waals surface area contributed by atoms with Gasteiger partial charge in [-0.15, -0.1) is 0 Å². The Kier molecular flexibility index (Phi) is 3.75. The van der Waals surface area contributed by atoms with E-state index in [0.717, 1.165) is 50.0 Å². The lowest BCUT2D eigenvalue weighted by Gasteiger charge is -2.37. The van der Waals surface area contributed by atoms with Crippen LogP contribution >= 0.6 is 0 Å². The zero-order valence-electron chi connectivity index (χ0n) is 14.7. The molecule has 0 bridgehead atoms. The lowest BCUT2D eigenvalue weighted by molar-refractivity contribution is 0.162. The van der Waals surface area contributed by atoms with Gasteiger partial charge in [-0.3, -0.25) is 4.90 Å². The number of aromatic nitrogens is 3. The molecule has 1 N–H and O–H groups in total. The molecule has 1 aliphatic carbocycles. The molecule has 1 aliphatic heterocycles. The first kappa shape index (κ1) is 15.6. The predicted molar refractivity (Wildman–Crippen MR) is 99.4 cm³/mol. The minimum Gasteiger partial charge on any atom is -0.493 e. The average molecular weight is 346 g/mol. The summed E-state index contributed by atoms with van der Waals surface area (Å²) in [7, 11) is 0. The first-order valence-electron chi connectivity index (χ1n) is 9.31. The smallest absolute Gasteiger partial charge is 0.219 e. The molecular formula is C21H22N4O. The third kappa shape index (κ3) is 2.59. The fraction of sp³-hybridized carbons (Fsp3) is 0.333. The van der Waals surface area contributed by atoms with Gasteiger partial charge in [-0.1, -0.05) is 30.3 Å². The zero-order chi connectivity index (χ0) is 17.5. The van der Waals surface area contributed by atoms with E-state index >= 15 is 0 Å². The fourth-order valence-corrected chi connectivity index (χ4v) is 4.32. The van der Waals surface area contributed by atoms with Gasteiger partial charge in [-0.25, -0.2) is 4.98 Å². The predicted octanol–water partition coefficient (Wildman–Crippen LogP) is 2.89. The maximum atomic E-state index is 10.7. The zero-order valence-corrected chi connectivity index (χ0v) is 14.7. The molecule has 2 aromatic heterocycles. The van der Waals surface area contributed by atoms with Crippen molar-refractivity contribution in [3.63, 3.8) is 0 Å². The molecule has 1 atom stereocenters. The van der Waals surface area contributed by atoms with Crippen LogP contribution in [0.2, 0.25) is 0 Å². The second-order valence-corrected chi connectivity index (χ2v) is 7.23. The molecule has 0 saturated heterocycles. The highest BCUT2D eigenvalue weighted by atomic mass is 16.3. The summed E-state index contributed by atoms with van der Waals surface area (Å²) in [4.78, 5) is 6.89. The minimum atomic E-state index is 0.251. The SMILES string of the molecule is Oc1c2c(nn1-c1ccccn1)CCC(N1CCc3ccccc3C1)C2. The van der Waals surface area contributed by atoms with Crippen LogP contribution in [-0.4, -0.2) is 37.4 Å². The number of hydrogen-bond donors (Lipinski definition) is 1. The summed E-state index contributed by atoms with van der Waals surface area (Å²) in [5.41, 5.74) is 4.93. The van der Waals surface area contributed by atoms with Gasteiger partial charge in [-0.2, -0.15) is 9.78 Å². The first-order valence-corrected chi connectivity index (χ1v) is 9.31. The molecule has 1 unspecified atom stereocenters. The van der Waals surface area contributed by atoms with Crippen molar-refractivity contribution in [2.24, 2.45) is 0 Å². The Morgan fingerprint density at radius 1 is 1.00 bits per heavy atom. The standard InChI is InChI=1S/C21H22N4O/c26-21-18-13-17(24-12-10-15-5-1-2-6-16(15)14-24)8-9-19(18)23-25(21)20-7-3-4-11-22-20/h1-7,11,17,26H,8-10,12-14H2. The summed E-state index contributed by atoms with van der Waals surface area (Å²) in [5.74, 6) is 0.920. The minimum absolute atomic E-state index is 0.251. The second-order valence-electron chi connectivity index (χ2n) is 7.23. The van der Waals surface area contributed by atoms with Crippen molar-refractivity contribution in [3.05, 3.63) is 71.0 Å². The Balaban J connectivity index is 1.40. The van der Waals surface area contributed by atoms with Crippen LogP contribution < -0.4 is 0 Å². The third-order valence-electron chi connectivity index (χ3n) is 5.74. The molecule has 3 heterocycles. The number of rotatable bonds is 2. The van der Waals surface area contributed by atoms with Gasteiger partial charge in [0.15, 0.2) is 5.82 Å². The van der Waals surface area contributed by atoms with Crippen molar-refractivity contribution in [1.29, 1.82) is 0 Å². The molecule has 26 heavy (non-hydrogen) atoms. The lowest BCUT2D eigenvalue weighted by atomic mass is 9.89. The van der Waals surface area contributed by atoms with Crippen molar-refractivity contribution in [3.8, 4) is 11.7 Å². The summed E-state index contributed by atoms with van der Waals surface area (Å²) >= 11 is 0. The van der Waals surface area contributed by atoms with E-state index in [1.165, 1.54) is 11.1 Å². The highest BCUT2D eigenvalue weighted by Gasteiger charge is 2.31. The van der Waals surface area contributed by atoms with Crippen LogP contribution in [0, 0.1) is 0 Å². The number of pyridine rings is 1. The number of aryl methyl sites for hydroxylation is 1. The molecule has 1 aromatic carbocycles. The van der Waals surface area contributed by atoms with Crippen LogP contribution in [0.4, 0.5) is 0 Å². The van der Waals surface area contributed by atoms with E-state index in [1.807, 2.05) is 18.2 Å². The molecule has 0 saturated carbocycles. The van der Waals surface area contributed by atoms with E-state index < -0.39 is 0 Å². The second kappa shape index (κ2) is 6.25. The highest BCUT2D eigenvalue weighted by Crippen LogP contribution is 2.33. The van der Waals surface area contributed by atoms with Gasteiger partial charge < -0.3 is 5.11 Å². The lowest BCUT2D eigenvalue weighted by Crippen LogP contribution is -2.42. The van der Waals surface area contributed by atoms with E-state index in [2.05, 4.69) is 39.2 Å². The summed E-state index contributed by atoms with van der Waals surface area (Å²) < 4.78 is 1.58. The monoisotopic (exact) mass is 346 g/mol. The van der Waals surface area contributed by atoms with E-state index in [-0.39, 0.29) is 5.88 Å². The Labute approximate surface area is 152 Å². The van der Waals surface area contributed by atoms with E-state index in [0.29, 0.717) is 11.9 Å². The molecule has 5 heteroatoms. The molecule has 0 amide bonds. The molecule has 5 rings (SSSR count). The summed E-state index contributed by atoms with van der Waals surface area (Å²) in [6.45, 7) is 2.09. The van der Waals surface area contributed by atoms with E-state index in [4.69, 9.17) is 0 Å². The van der Waals surface area contributed by atoms with Crippen molar-refractivity contribution in [1.82, 2.24) is 19.7 Å². The summed E-state index contributed by atoms with van der Waals surface area (Å²) in [6, 6.07) is 14.9. The van der Waals surface area contributed by atoms with Gasteiger partial charge in [0.2, 0.25) is 5.88 Å². The molecule has 0 radical (unpaired) electrons.